The number of benzene rings is 1. The summed E-state index contributed by atoms with van der Waals surface area (Å²) in [5.74, 6) is 0.490. The van der Waals surface area contributed by atoms with Gasteiger partial charge in [0.1, 0.15) is 0 Å². The molecule has 3 heteroatoms. The largest absolute Gasteiger partial charge is 0.395 e. The lowest BCUT2D eigenvalue weighted by Gasteiger charge is -2.17. The van der Waals surface area contributed by atoms with Crippen molar-refractivity contribution in [2.75, 3.05) is 20.2 Å². The number of rotatable bonds is 6. The fourth-order valence-corrected chi connectivity index (χ4v) is 1.75. The number of aliphatic hydroxyl groups excluding tert-OH is 1. The zero-order valence-electron chi connectivity index (χ0n) is 10.6. The van der Waals surface area contributed by atoms with Crippen LogP contribution in [0, 0.1) is 0 Å². The van der Waals surface area contributed by atoms with Crippen LogP contribution in [0.15, 0.2) is 30.3 Å². The predicted octanol–water partition coefficient (Wildman–Crippen LogP) is 2.02. The average molecular weight is 235 g/mol. The van der Waals surface area contributed by atoms with Gasteiger partial charge in [-0.1, -0.05) is 37.3 Å². The van der Waals surface area contributed by atoms with Crippen LogP contribution in [0.25, 0.3) is 0 Å². The summed E-state index contributed by atoms with van der Waals surface area (Å²) in [7, 11) is 1.73. The zero-order valence-corrected chi connectivity index (χ0v) is 10.6. The highest BCUT2D eigenvalue weighted by atomic mass is 16.3. The molecule has 1 atom stereocenters. The van der Waals surface area contributed by atoms with E-state index >= 15 is 0 Å². The van der Waals surface area contributed by atoms with Crippen molar-refractivity contribution in [3.05, 3.63) is 35.9 Å². The monoisotopic (exact) mass is 235 g/mol. The molecular weight excluding hydrogens is 214 g/mol. The maximum absolute atomic E-state index is 11.7. The van der Waals surface area contributed by atoms with E-state index in [2.05, 4.69) is 19.1 Å². The molecule has 94 valence electrons. The zero-order chi connectivity index (χ0) is 12.7. The Kier molecular flexibility index (Phi) is 5.70. The van der Waals surface area contributed by atoms with E-state index in [-0.39, 0.29) is 12.5 Å². The van der Waals surface area contributed by atoms with E-state index in [1.807, 2.05) is 18.2 Å². The van der Waals surface area contributed by atoms with Gasteiger partial charge in [-0.05, 0) is 17.9 Å². The van der Waals surface area contributed by atoms with Crippen LogP contribution in [-0.4, -0.2) is 36.1 Å². The Morgan fingerprint density at radius 2 is 2.00 bits per heavy atom. The maximum Gasteiger partial charge on any atom is 0.222 e. The van der Waals surface area contributed by atoms with Crippen molar-refractivity contribution >= 4 is 5.91 Å². The van der Waals surface area contributed by atoms with E-state index in [1.54, 1.807) is 11.9 Å². The second-order valence-corrected chi connectivity index (χ2v) is 4.39. The van der Waals surface area contributed by atoms with E-state index in [0.717, 1.165) is 6.42 Å². The van der Waals surface area contributed by atoms with Gasteiger partial charge in [-0.3, -0.25) is 4.79 Å². The number of carbonyl (C=O) groups excluding carboxylic acids is 1. The number of hydrogen-bond acceptors (Lipinski definition) is 2. The fourth-order valence-electron chi connectivity index (χ4n) is 1.75. The number of amides is 1. The Hall–Kier alpha value is -1.35. The van der Waals surface area contributed by atoms with Gasteiger partial charge < -0.3 is 10.0 Å². The van der Waals surface area contributed by atoms with Gasteiger partial charge in [0.25, 0.3) is 0 Å². The first-order valence-electron chi connectivity index (χ1n) is 6.05. The van der Waals surface area contributed by atoms with Crippen LogP contribution >= 0.6 is 0 Å². The third-order valence-corrected chi connectivity index (χ3v) is 3.02. The first-order valence-corrected chi connectivity index (χ1v) is 6.05. The Bertz CT molecular complexity index is 337. The van der Waals surface area contributed by atoms with Gasteiger partial charge in [-0.2, -0.15) is 0 Å². The molecule has 1 unspecified atom stereocenters. The molecule has 0 aromatic heterocycles. The summed E-state index contributed by atoms with van der Waals surface area (Å²) in [5.41, 5.74) is 1.27. The van der Waals surface area contributed by atoms with Crippen molar-refractivity contribution in [1.82, 2.24) is 4.90 Å². The molecule has 3 nitrogen and oxygen atoms in total. The molecule has 0 aliphatic heterocycles. The highest BCUT2D eigenvalue weighted by Crippen LogP contribution is 2.20. The minimum atomic E-state index is 0.0243. The molecule has 0 aliphatic carbocycles. The van der Waals surface area contributed by atoms with Crippen molar-refractivity contribution in [3.63, 3.8) is 0 Å². The van der Waals surface area contributed by atoms with Crippen LogP contribution in [0.3, 0.4) is 0 Å². The van der Waals surface area contributed by atoms with Gasteiger partial charge in [0.05, 0.1) is 6.61 Å². The highest BCUT2D eigenvalue weighted by molar-refractivity contribution is 5.75. The summed E-state index contributed by atoms with van der Waals surface area (Å²) in [4.78, 5) is 13.3. The molecule has 0 spiro atoms. The number of hydrogen-bond donors (Lipinski definition) is 1. The topological polar surface area (TPSA) is 40.5 Å². The van der Waals surface area contributed by atoms with Crippen molar-refractivity contribution < 1.29 is 9.90 Å². The Morgan fingerprint density at radius 3 is 2.59 bits per heavy atom. The van der Waals surface area contributed by atoms with Gasteiger partial charge in [0.2, 0.25) is 5.91 Å². The van der Waals surface area contributed by atoms with E-state index in [1.165, 1.54) is 5.56 Å². The minimum absolute atomic E-state index is 0.0243. The predicted molar refractivity (Wildman–Crippen MR) is 68.8 cm³/mol. The van der Waals surface area contributed by atoms with Gasteiger partial charge in [-0.25, -0.2) is 0 Å². The third kappa shape index (κ3) is 4.57. The number of aliphatic hydroxyl groups is 1. The lowest BCUT2D eigenvalue weighted by atomic mass is 9.96. The number of nitrogens with zero attached hydrogens (tertiary/aromatic N) is 1. The van der Waals surface area contributed by atoms with Crippen LogP contribution in [0.2, 0.25) is 0 Å². The van der Waals surface area contributed by atoms with Gasteiger partial charge in [0.15, 0.2) is 0 Å². The highest BCUT2D eigenvalue weighted by Gasteiger charge is 2.11. The molecular formula is C14H21NO2. The van der Waals surface area contributed by atoms with Crippen molar-refractivity contribution in [1.29, 1.82) is 0 Å². The molecule has 1 aromatic rings. The van der Waals surface area contributed by atoms with Crippen LogP contribution in [0.5, 0.6) is 0 Å². The summed E-state index contributed by atoms with van der Waals surface area (Å²) in [5, 5.41) is 8.75. The molecule has 0 aliphatic rings. The van der Waals surface area contributed by atoms with Crippen molar-refractivity contribution in [2.24, 2.45) is 0 Å². The summed E-state index contributed by atoms with van der Waals surface area (Å²) in [6.45, 7) is 2.57. The van der Waals surface area contributed by atoms with Gasteiger partial charge >= 0.3 is 0 Å². The molecule has 0 bridgehead atoms. The fraction of sp³-hybridized carbons (Fsp3) is 0.500. The van der Waals surface area contributed by atoms with Crippen molar-refractivity contribution in [2.45, 2.75) is 25.7 Å². The van der Waals surface area contributed by atoms with Crippen molar-refractivity contribution in [3.8, 4) is 0 Å². The average Bonchev–Trinajstić information content (AvgIpc) is 2.36. The Balaban J connectivity index is 2.38. The molecule has 0 saturated heterocycles. The molecule has 1 aromatic carbocycles. The molecule has 1 amide bonds. The Labute approximate surface area is 103 Å². The van der Waals surface area contributed by atoms with E-state index in [0.29, 0.717) is 18.9 Å². The lowest BCUT2D eigenvalue weighted by molar-refractivity contribution is -0.130. The second kappa shape index (κ2) is 7.07. The summed E-state index contributed by atoms with van der Waals surface area (Å²) < 4.78 is 0. The third-order valence-electron chi connectivity index (χ3n) is 3.02. The first-order chi connectivity index (χ1) is 8.15. The Morgan fingerprint density at radius 1 is 1.35 bits per heavy atom. The molecule has 1 N–H and O–H groups in total. The molecule has 0 saturated carbocycles. The minimum Gasteiger partial charge on any atom is -0.395 e. The molecule has 0 fully saturated rings. The molecule has 17 heavy (non-hydrogen) atoms. The number of likely N-dealkylation sites (N-methyl/N-ethyl adjacent to an activating group) is 1. The van der Waals surface area contributed by atoms with Crippen LogP contribution in [-0.2, 0) is 4.79 Å². The maximum atomic E-state index is 11.7. The number of carbonyl (C=O) groups is 1. The van der Waals surface area contributed by atoms with Crippen LogP contribution in [0.4, 0.5) is 0 Å². The quantitative estimate of drug-likeness (QED) is 0.819. The lowest BCUT2D eigenvalue weighted by Crippen LogP contribution is -2.29. The van der Waals surface area contributed by atoms with E-state index < -0.39 is 0 Å². The SMILES string of the molecule is CC(CCC(=O)N(C)CCO)c1ccccc1. The summed E-state index contributed by atoms with van der Waals surface area (Å²) >= 11 is 0. The standard InChI is InChI=1S/C14H21NO2/c1-12(13-6-4-3-5-7-13)8-9-14(17)15(2)10-11-16/h3-7,12,16H,8-11H2,1-2H3. The van der Waals surface area contributed by atoms with Gasteiger partial charge in [-0.15, -0.1) is 0 Å². The van der Waals surface area contributed by atoms with Crippen LogP contribution in [0.1, 0.15) is 31.2 Å². The summed E-state index contributed by atoms with van der Waals surface area (Å²) in [6.07, 6.45) is 1.38. The molecule has 1 rings (SSSR count). The van der Waals surface area contributed by atoms with Crippen LogP contribution < -0.4 is 0 Å². The van der Waals surface area contributed by atoms with Gasteiger partial charge in [0, 0.05) is 20.0 Å². The normalized spacial score (nSPS) is 12.2. The molecule has 0 heterocycles. The van der Waals surface area contributed by atoms with E-state index in [4.69, 9.17) is 5.11 Å². The molecule has 0 radical (unpaired) electrons. The first kappa shape index (κ1) is 13.7. The smallest absolute Gasteiger partial charge is 0.222 e. The van der Waals surface area contributed by atoms with E-state index in [9.17, 15) is 4.79 Å². The second-order valence-electron chi connectivity index (χ2n) is 4.39. The summed E-state index contributed by atoms with van der Waals surface area (Å²) in [6, 6.07) is 10.2.